The van der Waals surface area contributed by atoms with Gasteiger partial charge in [0.25, 0.3) is 5.69 Å². The fourth-order valence-corrected chi connectivity index (χ4v) is 1.71. The topological polar surface area (TPSA) is 95.2 Å². The monoisotopic (exact) mass is 281 g/mol. The summed E-state index contributed by atoms with van der Waals surface area (Å²) in [7, 11) is 3.07. The van der Waals surface area contributed by atoms with Crippen LogP contribution in [0.25, 0.3) is 0 Å². The number of fused-ring (bicyclic) bond motifs is 1. The van der Waals surface area contributed by atoms with Gasteiger partial charge in [0.05, 0.1) is 11.5 Å². The molecule has 1 aliphatic heterocycles. The van der Waals surface area contributed by atoms with E-state index in [-0.39, 0.29) is 12.3 Å². The van der Waals surface area contributed by atoms with Gasteiger partial charge in [-0.3, -0.25) is 10.1 Å². The highest BCUT2D eigenvalue weighted by atomic mass is 16.7. The van der Waals surface area contributed by atoms with E-state index in [1.807, 2.05) is 0 Å². The predicted molar refractivity (Wildman–Crippen MR) is 71.5 cm³/mol. The number of nitrogens with one attached hydrogen (secondary N) is 1. The molecule has 0 spiro atoms. The van der Waals surface area contributed by atoms with Gasteiger partial charge >= 0.3 is 0 Å². The predicted octanol–water partition coefficient (Wildman–Crippen LogP) is 1.23. The Morgan fingerprint density at radius 1 is 1.50 bits per heavy atom. The Balaban J connectivity index is 2.10. The maximum atomic E-state index is 10.7. The van der Waals surface area contributed by atoms with E-state index in [0.717, 1.165) is 0 Å². The lowest BCUT2D eigenvalue weighted by Gasteiger charge is -2.20. The molecule has 108 valence electrons. The second-order valence-electron chi connectivity index (χ2n) is 4.04. The minimum Gasteiger partial charge on any atom is -0.483 e. The molecule has 1 N–H and O–H groups in total. The minimum atomic E-state index is -0.469. The molecule has 8 heteroatoms. The van der Waals surface area contributed by atoms with E-state index in [4.69, 9.17) is 14.2 Å². The number of aliphatic imine (C=N–C) groups is 1. The zero-order chi connectivity index (χ0) is 14.5. The molecular weight excluding hydrogens is 266 g/mol. The average molecular weight is 281 g/mol. The van der Waals surface area contributed by atoms with Gasteiger partial charge in [0.15, 0.2) is 6.29 Å². The van der Waals surface area contributed by atoms with Crippen LogP contribution in [0.3, 0.4) is 0 Å². The zero-order valence-electron chi connectivity index (χ0n) is 11.2. The normalized spacial score (nSPS) is 13.4. The van der Waals surface area contributed by atoms with Crippen LogP contribution >= 0.6 is 0 Å². The third-order valence-electron chi connectivity index (χ3n) is 2.77. The molecule has 2 rings (SSSR count). The summed E-state index contributed by atoms with van der Waals surface area (Å²) in [6.45, 7) is 0.671. The molecule has 1 heterocycles. The molecule has 0 fully saturated rings. The van der Waals surface area contributed by atoms with Crippen molar-refractivity contribution in [3.8, 4) is 5.75 Å². The minimum absolute atomic E-state index is 0.0241. The highest BCUT2D eigenvalue weighted by Crippen LogP contribution is 2.33. The third-order valence-corrected chi connectivity index (χ3v) is 2.77. The molecule has 1 aromatic rings. The number of methoxy groups -OCH3 is 2. The zero-order valence-corrected chi connectivity index (χ0v) is 11.2. The van der Waals surface area contributed by atoms with E-state index >= 15 is 0 Å². The van der Waals surface area contributed by atoms with Crippen molar-refractivity contribution in [2.24, 2.45) is 4.99 Å². The average Bonchev–Trinajstić information content (AvgIpc) is 2.47. The smallest absolute Gasteiger partial charge is 0.271 e. The van der Waals surface area contributed by atoms with E-state index < -0.39 is 11.2 Å². The lowest BCUT2D eigenvalue weighted by molar-refractivity contribution is -0.384. The summed E-state index contributed by atoms with van der Waals surface area (Å²) in [4.78, 5) is 14.6. The highest BCUT2D eigenvalue weighted by molar-refractivity contribution is 5.89. The van der Waals surface area contributed by atoms with Crippen molar-refractivity contribution in [2.45, 2.75) is 6.29 Å². The van der Waals surface area contributed by atoms with Crippen molar-refractivity contribution >= 4 is 17.2 Å². The first-order valence-electron chi connectivity index (χ1n) is 5.92. The van der Waals surface area contributed by atoms with Gasteiger partial charge in [-0.25, -0.2) is 4.99 Å². The Morgan fingerprint density at radius 2 is 2.25 bits per heavy atom. The van der Waals surface area contributed by atoms with Crippen molar-refractivity contribution in [3.05, 3.63) is 28.3 Å². The van der Waals surface area contributed by atoms with Crippen molar-refractivity contribution in [3.63, 3.8) is 0 Å². The van der Waals surface area contributed by atoms with Crippen LogP contribution in [0, 0.1) is 10.1 Å². The molecule has 0 bridgehead atoms. The molecule has 0 aliphatic carbocycles. The maximum absolute atomic E-state index is 10.7. The van der Waals surface area contributed by atoms with Crippen LogP contribution in [0.1, 0.15) is 0 Å². The number of nitro benzene ring substituents is 1. The van der Waals surface area contributed by atoms with Gasteiger partial charge in [-0.15, -0.1) is 0 Å². The van der Waals surface area contributed by atoms with Gasteiger partial charge in [-0.2, -0.15) is 0 Å². The summed E-state index contributed by atoms with van der Waals surface area (Å²) in [5, 5.41) is 13.7. The van der Waals surface area contributed by atoms with Crippen molar-refractivity contribution in [1.82, 2.24) is 5.32 Å². The summed E-state index contributed by atoms with van der Waals surface area (Å²) in [6.07, 6.45) is -0.399. The van der Waals surface area contributed by atoms with E-state index in [2.05, 4.69) is 10.3 Å². The summed E-state index contributed by atoms with van der Waals surface area (Å²) in [6, 6.07) is 4.31. The van der Waals surface area contributed by atoms with E-state index in [9.17, 15) is 10.1 Å². The second kappa shape index (κ2) is 6.31. The molecule has 1 aliphatic rings. The molecule has 0 aromatic heterocycles. The first-order valence-corrected chi connectivity index (χ1v) is 5.92. The summed E-state index contributed by atoms with van der Waals surface area (Å²) in [5.74, 6) is 1.09. The Morgan fingerprint density at radius 3 is 2.90 bits per heavy atom. The van der Waals surface area contributed by atoms with Crippen LogP contribution in [-0.2, 0) is 9.47 Å². The van der Waals surface area contributed by atoms with Crippen LogP contribution in [0.4, 0.5) is 11.4 Å². The Labute approximate surface area is 115 Å². The molecule has 20 heavy (non-hydrogen) atoms. The van der Waals surface area contributed by atoms with Crippen LogP contribution in [0.5, 0.6) is 5.75 Å². The summed E-state index contributed by atoms with van der Waals surface area (Å²) >= 11 is 0. The fourth-order valence-electron chi connectivity index (χ4n) is 1.71. The van der Waals surface area contributed by atoms with E-state index in [1.165, 1.54) is 26.4 Å². The fraction of sp³-hybridized carbons (Fsp3) is 0.417. The van der Waals surface area contributed by atoms with Crippen molar-refractivity contribution < 1.29 is 19.1 Å². The van der Waals surface area contributed by atoms with Gasteiger partial charge < -0.3 is 19.5 Å². The standard InChI is InChI=1S/C12H15N3O5/c1-18-12(19-2)6-13-11-7-20-10-4-3-8(15(16)17)5-9(10)14-11/h3-5,12H,6-7H2,1-2H3,(H,13,14). The van der Waals surface area contributed by atoms with E-state index in [0.29, 0.717) is 23.8 Å². The molecule has 0 unspecified atom stereocenters. The Hall–Kier alpha value is -2.19. The number of benzene rings is 1. The first kappa shape index (κ1) is 14.2. The van der Waals surface area contributed by atoms with Crippen LogP contribution in [-0.4, -0.2) is 44.4 Å². The molecule has 8 nitrogen and oxygen atoms in total. The largest absolute Gasteiger partial charge is 0.483 e. The van der Waals surface area contributed by atoms with Crippen LogP contribution < -0.4 is 10.1 Å². The molecule has 1 aromatic carbocycles. The number of hydrogen-bond acceptors (Lipinski definition) is 7. The van der Waals surface area contributed by atoms with Gasteiger partial charge in [-0.1, -0.05) is 0 Å². The quantitative estimate of drug-likeness (QED) is 0.495. The lowest BCUT2D eigenvalue weighted by atomic mass is 10.2. The number of amidine groups is 1. The van der Waals surface area contributed by atoms with Gasteiger partial charge in [-0.05, 0) is 6.07 Å². The number of hydrogen-bond donors (Lipinski definition) is 1. The molecule has 0 amide bonds. The SMILES string of the molecule is COC(CNC1=Nc2cc([N+](=O)[O-])ccc2OC1)OC. The van der Waals surface area contributed by atoms with Crippen LogP contribution in [0.2, 0.25) is 0 Å². The summed E-state index contributed by atoms with van der Waals surface area (Å²) in [5.41, 5.74) is 0.406. The molecule has 0 saturated carbocycles. The second-order valence-corrected chi connectivity index (χ2v) is 4.04. The van der Waals surface area contributed by atoms with Crippen LogP contribution in [0.15, 0.2) is 23.2 Å². The molecule has 0 atom stereocenters. The number of rotatable bonds is 5. The Bertz CT molecular complexity index is 528. The maximum Gasteiger partial charge on any atom is 0.271 e. The molecule has 0 saturated heterocycles. The van der Waals surface area contributed by atoms with Gasteiger partial charge in [0, 0.05) is 26.4 Å². The van der Waals surface area contributed by atoms with E-state index in [1.54, 1.807) is 6.07 Å². The van der Waals surface area contributed by atoms with Gasteiger partial charge in [0.1, 0.15) is 23.9 Å². The first-order chi connectivity index (χ1) is 9.63. The van der Waals surface area contributed by atoms with Crippen molar-refractivity contribution in [2.75, 3.05) is 27.4 Å². The highest BCUT2D eigenvalue weighted by Gasteiger charge is 2.17. The number of nitrogens with zero attached hydrogens (tertiary/aromatic N) is 2. The van der Waals surface area contributed by atoms with Crippen molar-refractivity contribution in [1.29, 1.82) is 0 Å². The summed E-state index contributed by atoms with van der Waals surface area (Å²) < 4.78 is 15.6. The number of ether oxygens (including phenoxy) is 3. The lowest BCUT2D eigenvalue weighted by Crippen LogP contribution is -2.37. The third kappa shape index (κ3) is 3.22. The molecule has 0 radical (unpaired) electrons. The molecular formula is C12H15N3O5. The van der Waals surface area contributed by atoms with Gasteiger partial charge in [0.2, 0.25) is 0 Å². The Kier molecular flexibility index (Phi) is 4.49. The number of non-ortho nitro benzene ring substituents is 1. The number of nitro groups is 1.